The molecule has 170 valence electrons. The fourth-order valence-electron chi connectivity index (χ4n) is 5.71. The highest BCUT2D eigenvalue weighted by Crippen LogP contribution is 2.45. The van der Waals surface area contributed by atoms with Crippen LogP contribution in [0.3, 0.4) is 0 Å². The van der Waals surface area contributed by atoms with Crippen molar-refractivity contribution in [3.05, 3.63) is 71.6 Å². The van der Waals surface area contributed by atoms with Crippen LogP contribution in [0.15, 0.2) is 60.5 Å². The molecular weight excluding hydrogens is 378 g/mol. The summed E-state index contributed by atoms with van der Waals surface area (Å²) < 4.78 is 0. The Morgan fingerprint density at radius 1 is 1.06 bits per heavy atom. The number of fused-ring (bicyclic) bond motifs is 1. The lowest BCUT2D eigenvalue weighted by Gasteiger charge is -2.44. The van der Waals surface area contributed by atoms with E-state index >= 15 is 0 Å². The van der Waals surface area contributed by atoms with Gasteiger partial charge in [0.2, 0.25) is 0 Å². The number of nitrogens with zero attached hydrogens (tertiary/aromatic N) is 2. The summed E-state index contributed by atoms with van der Waals surface area (Å²) in [7, 11) is 0. The number of likely N-dealkylation sites (tertiary alicyclic amines) is 2. The molecule has 3 nitrogen and oxygen atoms in total. The molecular formula is C28H43N3. The first kappa shape index (κ1) is 23.7. The second-order valence-corrected chi connectivity index (χ2v) is 9.39. The Hall–Kier alpha value is -2.00. The minimum Gasteiger partial charge on any atom is -0.404 e. The Kier molecular flexibility index (Phi) is 8.43. The molecule has 3 heteroatoms. The number of rotatable bonds is 5. The third-order valence-electron chi connectivity index (χ3n) is 7.54. The molecule has 2 saturated heterocycles. The SMILES string of the molecule is C=C(C1CCN(CC(/C=C\C)=C/N)CC1)N1CCC2(CC1)Cc1ccccc1C2.CC. The smallest absolute Gasteiger partial charge is 0.0247 e. The maximum atomic E-state index is 5.77. The van der Waals surface area contributed by atoms with Crippen molar-refractivity contribution in [2.45, 2.75) is 59.3 Å². The Morgan fingerprint density at radius 3 is 2.16 bits per heavy atom. The summed E-state index contributed by atoms with van der Waals surface area (Å²) in [4.78, 5) is 5.14. The largest absolute Gasteiger partial charge is 0.404 e. The fraction of sp³-hybridized carbons (Fsp3) is 0.571. The molecule has 31 heavy (non-hydrogen) atoms. The molecule has 2 aliphatic heterocycles. The number of piperidine rings is 2. The van der Waals surface area contributed by atoms with Gasteiger partial charge in [0.25, 0.3) is 0 Å². The van der Waals surface area contributed by atoms with Crippen LogP contribution in [0, 0.1) is 11.3 Å². The van der Waals surface area contributed by atoms with Crippen LogP contribution in [0.1, 0.15) is 57.6 Å². The van der Waals surface area contributed by atoms with Gasteiger partial charge < -0.3 is 10.6 Å². The molecule has 0 unspecified atom stereocenters. The van der Waals surface area contributed by atoms with E-state index in [-0.39, 0.29) is 0 Å². The van der Waals surface area contributed by atoms with Gasteiger partial charge in [-0.15, -0.1) is 0 Å². The fourth-order valence-corrected chi connectivity index (χ4v) is 5.71. The predicted molar refractivity (Wildman–Crippen MR) is 134 cm³/mol. The lowest BCUT2D eigenvalue weighted by molar-refractivity contribution is 0.115. The van der Waals surface area contributed by atoms with Gasteiger partial charge in [-0.25, -0.2) is 0 Å². The lowest BCUT2D eigenvalue weighted by atomic mass is 9.75. The molecule has 0 bridgehead atoms. The molecule has 0 saturated carbocycles. The zero-order valence-electron chi connectivity index (χ0n) is 20.1. The van der Waals surface area contributed by atoms with Crippen LogP contribution >= 0.6 is 0 Å². The first-order valence-corrected chi connectivity index (χ1v) is 12.4. The Morgan fingerprint density at radius 2 is 1.65 bits per heavy atom. The van der Waals surface area contributed by atoms with Gasteiger partial charge in [-0.3, -0.25) is 4.90 Å². The van der Waals surface area contributed by atoms with Crippen molar-refractivity contribution in [3.63, 3.8) is 0 Å². The zero-order valence-corrected chi connectivity index (χ0v) is 20.1. The minimum absolute atomic E-state index is 0.515. The van der Waals surface area contributed by atoms with Crippen LogP contribution < -0.4 is 5.73 Å². The van der Waals surface area contributed by atoms with Crippen molar-refractivity contribution in [1.82, 2.24) is 9.80 Å². The highest BCUT2D eigenvalue weighted by Gasteiger charge is 2.40. The van der Waals surface area contributed by atoms with E-state index in [1.807, 2.05) is 20.8 Å². The maximum Gasteiger partial charge on any atom is 0.0247 e. The molecule has 2 fully saturated rings. The number of allylic oxidation sites excluding steroid dienone is 2. The van der Waals surface area contributed by atoms with Crippen molar-refractivity contribution in [2.75, 3.05) is 32.7 Å². The Labute approximate surface area is 190 Å². The average Bonchev–Trinajstić information content (AvgIpc) is 3.18. The standard InChI is InChI=1S/C26H37N3.C2H6/c1-3-6-22(19-27)20-28-13-9-23(10-14-28)21(2)29-15-11-26(12-16-29)17-24-7-4-5-8-25(24)18-26;1-2/h3-8,19,23H,2,9-18,20,27H2,1H3;1-2H3/b6-3-,22-19+;. The predicted octanol–water partition coefficient (Wildman–Crippen LogP) is 5.54. The zero-order chi connectivity index (χ0) is 22.3. The molecule has 0 amide bonds. The van der Waals surface area contributed by atoms with E-state index in [1.54, 1.807) is 17.3 Å². The lowest BCUT2D eigenvalue weighted by Crippen LogP contribution is -2.43. The molecule has 2 N–H and O–H groups in total. The van der Waals surface area contributed by atoms with Gasteiger partial charge in [0, 0.05) is 31.2 Å². The second kappa shape index (κ2) is 11.0. The van der Waals surface area contributed by atoms with Crippen molar-refractivity contribution < 1.29 is 0 Å². The maximum absolute atomic E-state index is 5.77. The average molecular weight is 422 g/mol. The summed E-state index contributed by atoms with van der Waals surface area (Å²) in [6, 6.07) is 9.08. The summed E-state index contributed by atoms with van der Waals surface area (Å²) in [5.74, 6) is 0.646. The second-order valence-electron chi connectivity index (χ2n) is 9.39. The number of hydrogen-bond donors (Lipinski definition) is 1. The molecule has 1 aromatic rings. The van der Waals surface area contributed by atoms with E-state index in [4.69, 9.17) is 5.73 Å². The molecule has 0 aromatic heterocycles. The van der Waals surface area contributed by atoms with E-state index in [9.17, 15) is 0 Å². The van der Waals surface area contributed by atoms with E-state index in [0.29, 0.717) is 11.3 Å². The van der Waals surface area contributed by atoms with Gasteiger partial charge in [-0.1, -0.05) is 56.8 Å². The molecule has 2 heterocycles. The number of nitrogens with two attached hydrogens (primary N) is 1. The van der Waals surface area contributed by atoms with Crippen molar-refractivity contribution >= 4 is 0 Å². The van der Waals surface area contributed by atoms with Gasteiger partial charge in [0.15, 0.2) is 0 Å². The van der Waals surface area contributed by atoms with Crippen LogP contribution in [-0.2, 0) is 12.8 Å². The van der Waals surface area contributed by atoms with Crippen molar-refractivity contribution in [3.8, 4) is 0 Å². The topological polar surface area (TPSA) is 32.5 Å². The van der Waals surface area contributed by atoms with E-state index in [2.05, 4.69) is 52.8 Å². The van der Waals surface area contributed by atoms with Gasteiger partial charge in [0.1, 0.15) is 0 Å². The molecule has 4 rings (SSSR count). The third-order valence-corrected chi connectivity index (χ3v) is 7.54. The van der Waals surface area contributed by atoms with Crippen LogP contribution in [-0.4, -0.2) is 42.5 Å². The molecule has 3 aliphatic rings. The monoisotopic (exact) mass is 421 g/mol. The number of benzene rings is 1. The summed E-state index contributed by atoms with van der Waals surface area (Å²) in [5.41, 5.74) is 12.1. The number of hydrogen-bond acceptors (Lipinski definition) is 3. The highest BCUT2D eigenvalue weighted by atomic mass is 15.2. The summed E-state index contributed by atoms with van der Waals surface area (Å²) in [6.45, 7) is 16.2. The van der Waals surface area contributed by atoms with Gasteiger partial charge in [-0.05, 0) is 86.9 Å². The van der Waals surface area contributed by atoms with Gasteiger partial charge in [-0.2, -0.15) is 0 Å². The Bertz CT molecular complexity index is 748. The summed E-state index contributed by atoms with van der Waals surface area (Å²) in [6.07, 6.45) is 13.6. The van der Waals surface area contributed by atoms with Crippen LogP contribution in [0.2, 0.25) is 0 Å². The van der Waals surface area contributed by atoms with E-state index in [0.717, 1.165) is 19.6 Å². The molecule has 0 radical (unpaired) electrons. The van der Waals surface area contributed by atoms with E-state index in [1.165, 1.54) is 62.9 Å². The first-order chi connectivity index (χ1) is 15.1. The molecule has 1 aromatic carbocycles. The summed E-state index contributed by atoms with van der Waals surface area (Å²) >= 11 is 0. The van der Waals surface area contributed by atoms with E-state index < -0.39 is 0 Å². The Balaban J connectivity index is 0.00000132. The van der Waals surface area contributed by atoms with Crippen molar-refractivity contribution in [2.24, 2.45) is 17.1 Å². The first-order valence-electron chi connectivity index (χ1n) is 12.4. The quantitative estimate of drug-likeness (QED) is 0.634. The van der Waals surface area contributed by atoms with Crippen LogP contribution in [0.4, 0.5) is 0 Å². The van der Waals surface area contributed by atoms with Crippen LogP contribution in [0.5, 0.6) is 0 Å². The summed E-state index contributed by atoms with van der Waals surface area (Å²) in [5, 5.41) is 0. The van der Waals surface area contributed by atoms with Gasteiger partial charge in [0.05, 0.1) is 0 Å². The highest BCUT2D eigenvalue weighted by molar-refractivity contribution is 5.34. The third kappa shape index (κ3) is 5.63. The van der Waals surface area contributed by atoms with Crippen LogP contribution in [0.25, 0.3) is 0 Å². The molecule has 0 atom stereocenters. The van der Waals surface area contributed by atoms with Crippen molar-refractivity contribution in [1.29, 1.82) is 0 Å². The normalized spacial score (nSPS) is 21.8. The van der Waals surface area contributed by atoms with Gasteiger partial charge >= 0.3 is 0 Å². The molecule has 1 spiro atoms. The minimum atomic E-state index is 0.515. The molecule has 1 aliphatic carbocycles.